The molecule has 302 valence electrons. The third-order valence-electron chi connectivity index (χ3n) is 9.92. The Labute approximate surface area is 349 Å². The number of ether oxygens (including phenoxy) is 1. The molecule has 1 aliphatic rings. The first kappa shape index (κ1) is 43.5. The van der Waals surface area contributed by atoms with Crippen LogP contribution in [0.1, 0.15) is 108 Å². The second-order valence-electron chi connectivity index (χ2n) is 14.2. The van der Waals surface area contributed by atoms with Gasteiger partial charge in [0.1, 0.15) is 5.75 Å². The summed E-state index contributed by atoms with van der Waals surface area (Å²) in [6.07, 6.45) is 7.10. The van der Waals surface area contributed by atoms with Gasteiger partial charge in [0.2, 0.25) is 0 Å². The summed E-state index contributed by atoms with van der Waals surface area (Å²) in [5.41, 5.74) is 7.52. The predicted molar refractivity (Wildman–Crippen MR) is 242 cm³/mol. The summed E-state index contributed by atoms with van der Waals surface area (Å²) in [5, 5.41) is 1.36. The molecule has 0 N–H and O–H groups in total. The SMILES string of the molecule is C/C=C\C.CC.CCCCc1ccc(N2C(=O)c3cccc4c(N(c5ccccc5)c5ccc(C(=O)CCC(=O)Oc6cc(C)cc(C)c6)cc5)ccc(c34)C2=O)cc1. The van der Waals surface area contributed by atoms with E-state index in [1.807, 2.05) is 145 Å². The molecule has 2 amide bonds. The lowest BCUT2D eigenvalue weighted by Gasteiger charge is -2.31. The fourth-order valence-electron chi connectivity index (χ4n) is 7.04. The Bertz CT molecular complexity index is 2390. The summed E-state index contributed by atoms with van der Waals surface area (Å²) in [4.78, 5) is 57.1. The minimum absolute atomic E-state index is 0.0162. The standard InChI is InChI=1S/C46H40N2O5.C4H8.C2H6/c1-4-5-10-32-15-19-36(20-16-32)48-45(51)39-14-9-13-38-41(24-23-40(44(38)39)46(48)52)47(34-11-7-6-8-12-34)35-21-17-33(18-22-35)42(49)25-26-43(50)53-37-28-30(2)27-31(3)29-37;1-3-4-2;1-2/h6-9,11-24,27-29H,4-5,10,25-26H2,1-3H3;3-4H,1-2H3;1-2H3/b;4-3-;. The fourth-order valence-corrected chi connectivity index (χ4v) is 7.04. The number of carbonyl (C=O) groups excluding carboxylic acids is 4. The molecule has 0 spiro atoms. The number of anilines is 4. The van der Waals surface area contributed by atoms with Gasteiger partial charge in [-0.15, -0.1) is 0 Å². The van der Waals surface area contributed by atoms with Crippen molar-refractivity contribution in [3.8, 4) is 5.75 Å². The van der Waals surface area contributed by atoms with E-state index < -0.39 is 5.97 Å². The van der Waals surface area contributed by atoms with Gasteiger partial charge in [0.05, 0.1) is 17.8 Å². The molecule has 59 heavy (non-hydrogen) atoms. The van der Waals surface area contributed by atoms with Crippen molar-refractivity contribution in [2.24, 2.45) is 0 Å². The number of allylic oxidation sites excluding steroid dienone is 2. The van der Waals surface area contributed by atoms with Gasteiger partial charge in [-0.05, 0) is 136 Å². The molecule has 0 bridgehead atoms. The van der Waals surface area contributed by atoms with Crippen LogP contribution in [0.2, 0.25) is 0 Å². The lowest BCUT2D eigenvalue weighted by Crippen LogP contribution is -2.40. The Morgan fingerprint density at radius 2 is 1.29 bits per heavy atom. The number of para-hydroxylation sites is 1. The number of nitrogens with zero attached hydrogens (tertiary/aromatic N) is 2. The van der Waals surface area contributed by atoms with Crippen molar-refractivity contribution in [2.75, 3.05) is 9.80 Å². The zero-order valence-corrected chi connectivity index (χ0v) is 35.3. The summed E-state index contributed by atoms with van der Waals surface area (Å²) in [6, 6.07) is 39.6. The normalized spacial score (nSPS) is 11.7. The molecule has 0 unspecified atom stereocenters. The Balaban J connectivity index is 0.00000104. The number of rotatable bonds is 12. The first-order chi connectivity index (χ1) is 28.6. The molecule has 7 nitrogen and oxygen atoms in total. The number of aryl methyl sites for hydroxylation is 3. The zero-order chi connectivity index (χ0) is 42.5. The van der Waals surface area contributed by atoms with Crippen LogP contribution in [0.4, 0.5) is 22.7 Å². The third kappa shape index (κ3) is 10.3. The summed E-state index contributed by atoms with van der Waals surface area (Å²) in [6.45, 7) is 14.0. The number of ketones is 1. The molecule has 1 aliphatic heterocycles. The van der Waals surface area contributed by atoms with E-state index in [4.69, 9.17) is 4.74 Å². The molecule has 0 aliphatic carbocycles. The van der Waals surface area contributed by atoms with Crippen LogP contribution in [0.25, 0.3) is 10.8 Å². The quantitative estimate of drug-likeness (QED) is 0.0404. The topological polar surface area (TPSA) is 84.0 Å². The van der Waals surface area contributed by atoms with Crippen molar-refractivity contribution in [3.05, 3.63) is 173 Å². The smallest absolute Gasteiger partial charge is 0.311 e. The zero-order valence-electron chi connectivity index (χ0n) is 35.3. The molecule has 7 rings (SSSR count). The number of Topliss-reactive ketones (excluding diaryl/α,β-unsaturated/α-hetero) is 1. The Kier molecular flexibility index (Phi) is 15.3. The molecule has 6 aromatic carbocycles. The van der Waals surface area contributed by atoms with Crippen LogP contribution in [-0.2, 0) is 11.2 Å². The largest absolute Gasteiger partial charge is 0.426 e. The van der Waals surface area contributed by atoms with Gasteiger partial charge in [0, 0.05) is 45.3 Å². The van der Waals surface area contributed by atoms with Crippen molar-refractivity contribution in [1.29, 1.82) is 0 Å². The van der Waals surface area contributed by atoms with E-state index in [0.29, 0.717) is 33.5 Å². The second kappa shape index (κ2) is 20.7. The second-order valence-corrected chi connectivity index (χ2v) is 14.2. The number of amides is 2. The summed E-state index contributed by atoms with van der Waals surface area (Å²) >= 11 is 0. The highest BCUT2D eigenvalue weighted by Gasteiger charge is 2.35. The van der Waals surface area contributed by atoms with Gasteiger partial charge < -0.3 is 9.64 Å². The highest BCUT2D eigenvalue weighted by atomic mass is 16.5. The summed E-state index contributed by atoms with van der Waals surface area (Å²) < 4.78 is 5.49. The number of hydrogen-bond donors (Lipinski definition) is 0. The maximum atomic E-state index is 14.0. The van der Waals surface area contributed by atoms with E-state index in [0.717, 1.165) is 52.8 Å². The van der Waals surface area contributed by atoms with E-state index in [1.165, 1.54) is 10.5 Å². The van der Waals surface area contributed by atoms with Gasteiger partial charge in [0.15, 0.2) is 5.78 Å². The van der Waals surface area contributed by atoms with Crippen molar-refractivity contribution in [2.45, 2.75) is 80.6 Å². The maximum Gasteiger partial charge on any atom is 0.311 e. The predicted octanol–water partition coefficient (Wildman–Crippen LogP) is 13.2. The lowest BCUT2D eigenvalue weighted by atomic mass is 9.92. The monoisotopic (exact) mass is 786 g/mol. The molecule has 0 saturated heterocycles. The lowest BCUT2D eigenvalue weighted by molar-refractivity contribution is -0.134. The van der Waals surface area contributed by atoms with Crippen molar-refractivity contribution >= 4 is 57.1 Å². The number of carbonyl (C=O) groups is 4. The minimum atomic E-state index is -0.460. The van der Waals surface area contributed by atoms with E-state index in [9.17, 15) is 19.2 Å². The molecule has 0 fully saturated rings. The average Bonchev–Trinajstić information content (AvgIpc) is 3.26. The molecule has 0 aromatic heterocycles. The van der Waals surface area contributed by atoms with Gasteiger partial charge in [-0.1, -0.05) is 87.9 Å². The molecule has 0 atom stereocenters. The van der Waals surface area contributed by atoms with Crippen LogP contribution in [-0.4, -0.2) is 23.6 Å². The van der Waals surface area contributed by atoms with E-state index in [-0.39, 0.29) is 30.4 Å². The number of benzene rings is 6. The van der Waals surface area contributed by atoms with E-state index >= 15 is 0 Å². The number of esters is 1. The number of unbranched alkanes of at least 4 members (excludes halogenated alkanes) is 1. The highest BCUT2D eigenvalue weighted by molar-refractivity contribution is 6.36. The molecule has 6 aromatic rings. The highest BCUT2D eigenvalue weighted by Crippen LogP contribution is 2.43. The van der Waals surface area contributed by atoms with Gasteiger partial charge in [-0.3, -0.25) is 19.2 Å². The van der Waals surface area contributed by atoms with Crippen LogP contribution >= 0.6 is 0 Å². The summed E-state index contributed by atoms with van der Waals surface area (Å²) in [5.74, 6) is -0.878. The van der Waals surface area contributed by atoms with Crippen molar-refractivity contribution in [1.82, 2.24) is 0 Å². The summed E-state index contributed by atoms with van der Waals surface area (Å²) in [7, 11) is 0. The van der Waals surface area contributed by atoms with E-state index in [2.05, 4.69) is 11.8 Å². The van der Waals surface area contributed by atoms with Crippen LogP contribution in [0.15, 0.2) is 140 Å². The number of hydrogen-bond acceptors (Lipinski definition) is 6. The first-order valence-electron chi connectivity index (χ1n) is 20.5. The van der Waals surface area contributed by atoms with Crippen LogP contribution in [0, 0.1) is 13.8 Å². The van der Waals surface area contributed by atoms with Gasteiger partial charge in [0.25, 0.3) is 11.8 Å². The van der Waals surface area contributed by atoms with Crippen LogP contribution in [0.3, 0.4) is 0 Å². The Hall–Kier alpha value is -6.60. The molecular formula is C52H54N2O5. The Morgan fingerprint density at radius 1 is 0.678 bits per heavy atom. The van der Waals surface area contributed by atoms with Crippen LogP contribution < -0.4 is 14.5 Å². The van der Waals surface area contributed by atoms with Crippen molar-refractivity contribution < 1.29 is 23.9 Å². The van der Waals surface area contributed by atoms with Crippen LogP contribution in [0.5, 0.6) is 5.75 Å². The fraction of sp³-hybridized carbons (Fsp3) is 0.231. The third-order valence-corrected chi connectivity index (χ3v) is 9.92. The Morgan fingerprint density at radius 3 is 1.90 bits per heavy atom. The van der Waals surface area contributed by atoms with Gasteiger partial charge >= 0.3 is 5.97 Å². The van der Waals surface area contributed by atoms with Gasteiger partial charge in [-0.25, -0.2) is 4.90 Å². The molecule has 0 radical (unpaired) electrons. The minimum Gasteiger partial charge on any atom is -0.426 e. The van der Waals surface area contributed by atoms with Crippen molar-refractivity contribution in [3.63, 3.8) is 0 Å². The molecule has 7 heteroatoms. The number of imide groups is 1. The molecular weight excluding hydrogens is 733 g/mol. The van der Waals surface area contributed by atoms with E-state index in [1.54, 1.807) is 36.4 Å². The molecule has 1 heterocycles. The molecule has 0 saturated carbocycles. The van der Waals surface area contributed by atoms with Gasteiger partial charge in [-0.2, -0.15) is 0 Å². The first-order valence-corrected chi connectivity index (χ1v) is 20.5. The maximum absolute atomic E-state index is 14.0. The average molecular weight is 787 g/mol.